The number of hydrogen-bond acceptors (Lipinski definition) is 2. The van der Waals surface area contributed by atoms with Crippen LogP contribution < -0.4 is 0 Å². The van der Waals surface area contributed by atoms with Crippen molar-refractivity contribution in [2.45, 2.75) is 83.0 Å². The van der Waals surface area contributed by atoms with E-state index >= 15 is 0 Å². The van der Waals surface area contributed by atoms with Crippen molar-refractivity contribution in [3.05, 3.63) is 89.5 Å². The highest BCUT2D eigenvalue weighted by Crippen LogP contribution is 2.36. The Morgan fingerprint density at radius 3 is 2.28 bits per heavy atom. The van der Waals surface area contributed by atoms with Gasteiger partial charge in [-0.05, 0) is 97.9 Å². The average Bonchev–Trinajstić information content (AvgIpc) is 3.39. The lowest BCUT2D eigenvalue weighted by molar-refractivity contribution is -0.141. The molecule has 192 valence electrons. The van der Waals surface area contributed by atoms with Gasteiger partial charge in [0, 0.05) is 0 Å². The summed E-state index contributed by atoms with van der Waals surface area (Å²) in [5.41, 5.74) is 3.66. The van der Waals surface area contributed by atoms with Crippen LogP contribution in [0.4, 0.5) is 0 Å². The molecule has 0 saturated heterocycles. The van der Waals surface area contributed by atoms with E-state index in [-0.39, 0.29) is 5.92 Å². The van der Waals surface area contributed by atoms with Gasteiger partial charge in [0.2, 0.25) is 0 Å². The first kappa shape index (κ1) is 26.3. The van der Waals surface area contributed by atoms with Gasteiger partial charge in [0.05, 0.1) is 5.92 Å². The van der Waals surface area contributed by atoms with Crippen molar-refractivity contribution >= 4 is 5.97 Å². The van der Waals surface area contributed by atoms with Crippen LogP contribution in [0.25, 0.3) is 0 Å². The number of aliphatic carboxylic acids is 1. The van der Waals surface area contributed by atoms with Gasteiger partial charge in [-0.3, -0.25) is 4.79 Å². The van der Waals surface area contributed by atoms with Crippen LogP contribution >= 0.6 is 0 Å². The van der Waals surface area contributed by atoms with Crippen molar-refractivity contribution in [3.8, 4) is 5.75 Å². The molecule has 2 aliphatic rings. The largest absolute Gasteiger partial charge is 0.508 e. The number of aromatic hydroxyl groups is 1. The van der Waals surface area contributed by atoms with Gasteiger partial charge in [-0.1, -0.05) is 86.4 Å². The monoisotopic (exact) mass is 486 g/mol. The van der Waals surface area contributed by atoms with Gasteiger partial charge in [-0.2, -0.15) is 0 Å². The maximum Gasteiger partial charge on any atom is 0.307 e. The lowest BCUT2D eigenvalue weighted by atomic mass is 9.76. The number of unbranched alkanes of at least 4 members (excludes halogenated alkanes) is 3. The molecule has 0 aromatic heterocycles. The van der Waals surface area contributed by atoms with Crippen LogP contribution in [0, 0.1) is 17.8 Å². The second kappa shape index (κ2) is 13.5. The van der Waals surface area contributed by atoms with Gasteiger partial charge in [-0.25, -0.2) is 0 Å². The molecule has 0 saturated carbocycles. The zero-order valence-electron chi connectivity index (χ0n) is 21.5. The number of carbonyl (C=O) groups is 1. The molecule has 3 nitrogen and oxygen atoms in total. The summed E-state index contributed by atoms with van der Waals surface area (Å²) in [6.07, 6.45) is 22.3. The van der Waals surface area contributed by atoms with E-state index in [4.69, 9.17) is 0 Å². The highest BCUT2D eigenvalue weighted by atomic mass is 16.4. The average molecular weight is 487 g/mol. The summed E-state index contributed by atoms with van der Waals surface area (Å²) in [6.45, 7) is 0. The Morgan fingerprint density at radius 2 is 1.56 bits per heavy atom. The molecular formula is C33H42O3. The highest BCUT2D eigenvalue weighted by Gasteiger charge is 2.24. The Hall–Kier alpha value is -2.81. The second-order valence-electron chi connectivity index (χ2n) is 10.9. The summed E-state index contributed by atoms with van der Waals surface area (Å²) >= 11 is 0. The van der Waals surface area contributed by atoms with Crippen LogP contribution in [0.2, 0.25) is 0 Å². The minimum Gasteiger partial charge on any atom is -0.508 e. The van der Waals surface area contributed by atoms with Crippen molar-refractivity contribution in [2.75, 3.05) is 0 Å². The summed E-state index contributed by atoms with van der Waals surface area (Å²) < 4.78 is 0. The molecule has 0 amide bonds. The third-order valence-corrected chi connectivity index (χ3v) is 8.21. The topological polar surface area (TPSA) is 57.5 Å². The highest BCUT2D eigenvalue weighted by molar-refractivity contribution is 5.70. The molecule has 2 aliphatic carbocycles. The van der Waals surface area contributed by atoms with Crippen molar-refractivity contribution in [1.82, 2.24) is 0 Å². The number of benzene rings is 2. The summed E-state index contributed by atoms with van der Waals surface area (Å²) in [5.74, 6) is 0.873. The van der Waals surface area contributed by atoms with E-state index < -0.39 is 5.97 Å². The van der Waals surface area contributed by atoms with E-state index in [9.17, 15) is 15.0 Å². The number of phenolic OH excluding ortho intramolecular Hbond substituents is 1. The molecule has 2 aromatic rings. The van der Waals surface area contributed by atoms with Gasteiger partial charge < -0.3 is 10.2 Å². The van der Waals surface area contributed by atoms with Gasteiger partial charge in [0.15, 0.2) is 0 Å². The predicted octanol–water partition coefficient (Wildman–Crippen LogP) is 8.23. The minimum absolute atomic E-state index is 0.308. The van der Waals surface area contributed by atoms with E-state index in [0.29, 0.717) is 30.4 Å². The van der Waals surface area contributed by atoms with Crippen LogP contribution in [0.3, 0.4) is 0 Å². The minimum atomic E-state index is -0.714. The summed E-state index contributed by atoms with van der Waals surface area (Å²) in [6, 6.07) is 16.3. The smallest absolute Gasteiger partial charge is 0.307 e. The summed E-state index contributed by atoms with van der Waals surface area (Å²) in [4.78, 5) is 11.8. The van der Waals surface area contributed by atoms with Crippen molar-refractivity contribution in [2.24, 2.45) is 17.8 Å². The Labute approximate surface area is 217 Å². The fourth-order valence-corrected chi connectivity index (χ4v) is 6.09. The third kappa shape index (κ3) is 7.85. The Morgan fingerprint density at radius 1 is 0.833 bits per heavy atom. The summed E-state index contributed by atoms with van der Waals surface area (Å²) in [5, 5.41) is 19.6. The molecule has 0 spiro atoms. The van der Waals surface area contributed by atoms with Gasteiger partial charge in [0.1, 0.15) is 5.75 Å². The second-order valence-corrected chi connectivity index (χ2v) is 10.9. The fourth-order valence-electron chi connectivity index (χ4n) is 6.09. The molecule has 4 unspecified atom stereocenters. The SMILES string of the molecule is O=C(O)C1CC=CCC(CCCCCCC2C=CCC2)C(c2ccc(O)cc2)Cc2cccc(c2)C1. The number of hydrogen-bond donors (Lipinski definition) is 2. The first-order valence-electron chi connectivity index (χ1n) is 14.0. The Balaban J connectivity index is 1.48. The van der Waals surface area contributed by atoms with Crippen molar-refractivity contribution < 1.29 is 15.0 Å². The van der Waals surface area contributed by atoms with E-state index in [0.717, 1.165) is 24.3 Å². The number of allylic oxidation sites excluding steroid dienone is 4. The molecule has 4 atom stereocenters. The van der Waals surface area contributed by atoms with Crippen LogP contribution in [-0.2, 0) is 17.6 Å². The van der Waals surface area contributed by atoms with E-state index in [1.165, 1.54) is 62.5 Å². The predicted molar refractivity (Wildman–Crippen MR) is 147 cm³/mol. The van der Waals surface area contributed by atoms with Crippen LogP contribution in [0.5, 0.6) is 5.75 Å². The van der Waals surface area contributed by atoms with Crippen LogP contribution in [0.15, 0.2) is 72.8 Å². The van der Waals surface area contributed by atoms with Crippen LogP contribution in [0.1, 0.15) is 86.8 Å². The first-order valence-corrected chi connectivity index (χ1v) is 14.0. The number of carboxylic acids is 1. The first-order chi connectivity index (χ1) is 17.6. The zero-order chi connectivity index (χ0) is 25.2. The van der Waals surface area contributed by atoms with Crippen molar-refractivity contribution in [1.29, 1.82) is 0 Å². The Kier molecular flexibility index (Phi) is 9.84. The van der Waals surface area contributed by atoms with Crippen LogP contribution in [-0.4, -0.2) is 16.2 Å². The molecule has 2 bridgehead atoms. The fraction of sp³-hybridized carbons (Fsp3) is 0.485. The van der Waals surface area contributed by atoms with Crippen molar-refractivity contribution in [3.63, 3.8) is 0 Å². The van der Waals surface area contributed by atoms with Gasteiger partial charge >= 0.3 is 5.97 Å². The molecule has 2 N–H and O–H groups in total. The number of phenols is 1. The molecule has 0 aliphatic heterocycles. The number of fused-ring (bicyclic) bond motifs is 2. The quantitative estimate of drug-likeness (QED) is 0.277. The molecule has 2 aromatic carbocycles. The molecule has 3 heteroatoms. The van der Waals surface area contributed by atoms with E-state index in [1.54, 1.807) is 0 Å². The molecule has 0 radical (unpaired) electrons. The van der Waals surface area contributed by atoms with E-state index in [1.807, 2.05) is 12.1 Å². The lowest BCUT2D eigenvalue weighted by Crippen LogP contribution is -2.18. The van der Waals surface area contributed by atoms with Gasteiger partial charge in [-0.15, -0.1) is 0 Å². The normalized spacial score (nSPS) is 24.2. The molecule has 4 rings (SSSR count). The van der Waals surface area contributed by atoms with Gasteiger partial charge in [0.25, 0.3) is 0 Å². The lowest BCUT2D eigenvalue weighted by Gasteiger charge is -2.28. The molecule has 0 heterocycles. The molecule has 36 heavy (non-hydrogen) atoms. The maximum absolute atomic E-state index is 11.8. The number of carboxylic acid groups (broad SMARTS) is 1. The standard InChI is InChI=1S/C33H42O3/c34-31-20-18-29(19-21-31)32-24-27-14-9-13-26(22-27)23-30(33(35)36)17-8-7-16-28(32)15-4-2-1-3-10-25-11-5-6-12-25/h5,7-9,11,13-14,18-22,25,28,30,32,34H,1-4,6,10,12,15-17,23-24H2,(H,35,36). The number of rotatable bonds is 9. The van der Waals surface area contributed by atoms with E-state index in [2.05, 4.69) is 60.7 Å². The molecule has 0 fully saturated rings. The maximum atomic E-state index is 11.8. The summed E-state index contributed by atoms with van der Waals surface area (Å²) in [7, 11) is 0. The Bertz CT molecular complexity index is 1020. The zero-order valence-corrected chi connectivity index (χ0v) is 21.5. The third-order valence-electron chi connectivity index (χ3n) is 8.21. The molecular weight excluding hydrogens is 444 g/mol.